The van der Waals surface area contributed by atoms with E-state index in [1.807, 2.05) is 24.3 Å². The third kappa shape index (κ3) is 2.68. The number of nitrogens with zero attached hydrogens (tertiary/aromatic N) is 3. The Hall–Kier alpha value is -1.74. The summed E-state index contributed by atoms with van der Waals surface area (Å²) in [7, 11) is -2.22. The molecule has 0 saturated heterocycles. The van der Waals surface area contributed by atoms with Crippen molar-refractivity contribution in [2.75, 3.05) is 19.1 Å². The minimum atomic E-state index is -2.22. The molecule has 0 bridgehead atoms. The summed E-state index contributed by atoms with van der Waals surface area (Å²) in [5.74, 6) is 0.710. The van der Waals surface area contributed by atoms with Gasteiger partial charge in [0.1, 0.15) is 13.5 Å². The maximum atomic E-state index is 11.9. The van der Waals surface area contributed by atoms with Gasteiger partial charge in [0.25, 0.3) is 0 Å². The lowest BCUT2D eigenvalue weighted by molar-refractivity contribution is 0.588. The lowest BCUT2D eigenvalue weighted by atomic mass is 10.2. The molecule has 1 aromatic carbocycles. The Labute approximate surface area is 99.5 Å². The normalized spacial score (nSPS) is 11.4. The van der Waals surface area contributed by atoms with Crippen molar-refractivity contribution < 1.29 is 4.57 Å². The molecular weight excluding hydrogens is 235 g/mol. The fourth-order valence-corrected chi connectivity index (χ4v) is 2.28. The van der Waals surface area contributed by atoms with Crippen LogP contribution < -0.4 is 11.0 Å². The quantitative estimate of drug-likeness (QED) is 0.811. The highest BCUT2D eigenvalue weighted by Crippen LogP contribution is 2.34. The van der Waals surface area contributed by atoms with Gasteiger partial charge in [-0.2, -0.15) is 4.98 Å². The molecule has 2 aromatic rings. The van der Waals surface area contributed by atoms with Gasteiger partial charge in [0.2, 0.25) is 5.95 Å². The van der Waals surface area contributed by atoms with E-state index in [-0.39, 0.29) is 5.95 Å². The first-order chi connectivity index (χ1) is 7.97. The number of nitrogen functional groups attached to an aromatic ring is 1. The lowest BCUT2D eigenvalue weighted by Crippen LogP contribution is -2.03. The zero-order valence-electron chi connectivity index (χ0n) is 9.66. The van der Waals surface area contributed by atoms with Crippen molar-refractivity contribution in [2.45, 2.75) is 0 Å². The molecule has 1 aromatic heterocycles. The van der Waals surface area contributed by atoms with Crippen molar-refractivity contribution in [1.29, 1.82) is 0 Å². The predicted molar refractivity (Wildman–Crippen MR) is 68.8 cm³/mol. The number of rotatable bonds is 2. The number of benzene rings is 1. The van der Waals surface area contributed by atoms with Gasteiger partial charge in [-0.15, -0.1) is 0 Å². The second kappa shape index (κ2) is 4.26. The first-order valence-electron chi connectivity index (χ1n) is 5.07. The van der Waals surface area contributed by atoms with E-state index < -0.39 is 7.14 Å². The maximum Gasteiger partial charge on any atom is 0.223 e. The number of hydrogen-bond acceptors (Lipinski definition) is 5. The van der Waals surface area contributed by atoms with Crippen LogP contribution in [0.3, 0.4) is 0 Å². The molecule has 0 unspecified atom stereocenters. The molecule has 0 aliphatic rings. The smallest absolute Gasteiger partial charge is 0.223 e. The highest BCUT2D eigenvalue weighted by Gasteiger charge is 2.11. The SMILES string of the molecule is CP(C)(=O)c1ccc(-c2ncnc(N)n2)cc1. The molecule has 1 heterocycles. The fourth-order valence-electron chi connectivity index (χ4n) is 1.42. The lowest BCUT2D eigenvalue weighted by Gasteiger charge is -2.07. The summed E-state index contributed by atoms with van der Waals surface area (Å²) in [5.41, 5.74) is 6.32. The van der Waals surface area contributed by atoms with E-state index in [1.165, 1.54) is 6.33 Å². The van der Waals surface area contributed by atoms with Crippen LogP contribution in [-0.2, 0) is 4.57 Å². The van der Waals surface area contributed by atoms with Gasteiger partial charge in [-0.3, -0.25) is 0 Å². The highest BCUT2D eigenvalue weighted by atomic mass is 31.2. The van der Waals surface area contributed by atoms with Crippen LogP contribution in [0.4, 0.5) is 5.95 Å². The molecule has 0 saturated carbocycles. The van der Waals surface area contributed by atoms with E-state index >= 15 is 0 Å². The number of nitrogens with two attached hydrogens (primary N) is 1. The van der Waals surface area contributed by atoms with Crippen molar-refractivity contribution in [3.05, 3.63) is 30.6 Å². The molecule has 0 spiro atoms. The van der Waals surface area contributed by atoms with Crippen molar-refractivity contribution in [1.82, 2.24) is 15.0 Å². The first-order valence-corrected chi connectivity index (χ1v) is 7.67. The molecule has 17 heavy (non-hydrogen) atoms. The zero-order valence-corrected chi connectivity index (χ0v) is 10.6. The van der Waals surface area contributed by atoms with E-state index in [4.69, 9.17) is 5.73 Å². The summed E-state index contributed by atoms with van der Waals surface area (Å²) < 4.78 is 11.9. The molecule has 0 aliphatic heterocycles. The Morgan fingerprint density at radius 3 is 2.29 bits per heavy atom. The molecule has 0 aliphatic carbocycles. The van der Waals surface area contributed by atoms with Gasteiger partial charge in [-0.25, -0.2) is 9.97 Å². The Bertz CT molecular complexity index is 576. The summed E-state index contributed by atoms with van der Waals surface area (Å²) >= 11 is 0. The van der Waals surface area contributed by atoms with Crippen LogP contribution in [0.15, 0.2) is 30.6 Å². The first kappa shape index (κ1) is 11.7. The number of anilines is 1. The minimum absolute atomic E-state index is 0.190. The summed E-state index contributed by atoms with van der Waals surface area (Å²) in [5, 5.41) is 0.836. The molecule has 0 radical (unpaired) electrons. The monoisotopic (exact) mass is 248 g/mol. The average Bonchev–Trinajstić information content (AvgIpc) is 2.28. The third-order valence-corrected chi connectivity index (χ3v) is 3.88. The van der Waals surface area contributed by atoms with Crippen LogP contribution in [0, 0.1) is 0 Å². The van der Waals surface area contributed by atoms with Crippen LogP contribution >= 0.6 is 7.14 Å². The number of aromatic nitrogens is 3. The highest BCUT2D eigenvalue weighted by molar-refractivity contribution is 7.70. The van der Waals surface area contributed by atoms with Crippen molar-refractivity contribution in [3.8, 4) is 11.4 Å². The van der Waals surface area contributed by atoms with Gasteiger partial charge in [0.15, 0.2) is 5.82 Å². The van der Waals surface area contributed by atoms with E-state index in [1.54, 1.807) is 13.3 Å². The van der Waals surface area contributed by atoms with Gasteiger partial charge in [-0.1, -0.05) is 24.3 Å². The topological polar surface area (TPSA) is 81.8 Å². The van der Waals surface area contributed by atoms with E-state index in [2.05, 4.69) is 15.0 Å². The zero-order chi connectivity index (χ0) is 12.5. The summed E-state index contributed by atoms with van der Waals surface area (Å²) in [6.45, 7) is 3.48. The predicted octanol–water partition coefficient (Wildman–Crippen LogP) is 1.37. The Kier molecular flexibility index (Phi) is 2.94. The molecule has 5 nitrogen and oxygen atoms in total. The van der Waals surface area contributed by atoms with Crippen LogP contribution in [0.25, 0.3) is 11.4 Å². The van der Waals surface area contributed by atoms with Crippen LogP contribution in [0.1, 0.15) is 0 Å². The molecule has 6 heteroatoms. The summed E-state index contributed by atoms with van der Waals surface area (Å²) in [6.07, 6.45) is 1.37. The second-order valence-corrected chi connectivity index (χ2v) is 7.28. The Balaban J connectivity index is 2.39. The summed E-state index contributed by atoms with van der Waals surface area (Å²) in [6, 6.07) is 7.33. The van der Waals surface area contributed by atoms with Gasteiger partial charge >= 0.3 is 0 Å². The van der Waals surface area contributed by atoms with Gasteiger partial charge in [-0.05, 0) is 13.3 Å². The van der Waals surface area contributed by atoms with Crippen LogP contribution in [-0.4, -0.2) is 28.3 Å². The second-order valence-electron chi connectivity index (χ2n) is 4.07. The van der Waals surface area contributed by atoms with Crippen LogP contribution in [0.2, 0.25) is 0 Å². The van der Waals surface area contributed by atoms with E-state index in [0.29, 0.717) is 5.82 Å². The van der Waals surface area contributed by atoms with E-state index in [9.17, 15) is 4.57 Å². The molecule has 2 N–H and O–H groups in total. The molecule has 2 rings (SSSR count). The van der Waals surface area contributed by atoms with Gasteiger partial charge in [0, 0.05) is 10.9 Å². The molecule has 0 atom stereocenters. The molecule has 0 amide bonds. The largest absolute Gasteiger partial charge is 0.368 e. The van der Waals surface area contributed by atoms with Crippen molar-refractivity contribution in [2.24, 2.45) is 0 Å². The van der Waals surface area contributed by atoms with E-state index in [0.717, 1.165) is 10.9 Å². The molecule has 0 fully saturated rings. The number of hydrogen-bond donors (Lipinski definition) is 1. The third-order valence-electron chi connectivity index (χ3n) is 2.34. The Morgan fingerprint density at radius 2 is 1.76 bits per heavy atom. The minimum Gasteiger partial charge on any atom is -0.368 e. The maximum absolute atomic E-state index is 11.9. The average molecular weight is 248 g/mol. The van der Waals surface area contributed by atoms with Crippen LogP contribution in [0.5, 0.6) is 0 Å². The molecule has 88 valence electrons. The summed E-state index contributed by atoms with van der Waals surface area (Å²) in [4.78, 5) is 11.8. The van der Waals surface area contributed by atoms with Gasteiger partial charge in [0.05, 0.1) is 0 Å². The standard InChI is InChI=1S/C11H13N4OP/c1-17(2,16)9-5-3-8(4-6-9)10-13-7-14-11(12)15-10/h3-7H,1-2H3,(H2,12,13,14,15). The molecular formula is C11H13N4OP. The van der Waals surface area contributed by atoms with Gasteiger partial charge < -0.3 is 10.3 Å². The van der Waals surface area contributed by atoms with Crippen molar-refractivity contribution >= 4 is 18.4 Å². The Morgan fingerprint density at radius 1 is 1.12 bits per heavy atom. The fraction of sp³-hybridized carbons (Fsp3) is 0.182. The van der Waals surface area contributed by atoms with Crippen molar-refractivity contribution in [3.63, 3.8) is 0 Å².